The highest BCUT2D eigenvalue weighted by molar-refractivity contribution is 5.45. The van der Waals surface area contributed by atoms with Gasteiger partial charge < -0.3 is 5.11 Å². The highest BCUT2D eigenvalue weighted by Crippen LogP contribution is 2.30. The average Bonchev–Trinajstić information content (AvgIpc) is 2.72. The van der Waals surface area contributed by atoms with E-state index in [-0.39, 0.29) is 0 Å². The molecule has 108 valence electrons. The summed E-state index contributed by atoms with van der Waals surface area (Å²) in [5, 5.41) is 15.1. The minimum atomic E-state index is 0.291. The molecule has 0 radical (unpaired) electrons. The van der Waals surface area contributed by atoms with Gasteiger partial charge in [-0.15, -0.1) is 0 Å². The van der Waals surface area contributed by atoms with Crippen LogP contribution in [0.2, 0.25) is 0 Å². The molecule has 0 unspecified atom stereocenters. The van der Waals surface area contributed by atoms with E-state index in [2.05, 4.69) is 51.9 Å². The maximum atomic E-state index is 10.5. The van der Waals surface area contributed by atoms with E-state index in [1.165, 1.54) is 11.1 Å². The molecule has 1 aromatic carbocycles. The second kappa shape index (κ2) is 5.70. The maximum absolute atomic E-state index is 10.5. The van der Waals surface area contributed by atoms with E-state index in [0.29, 0.717) is 11.8 Å². The standard InChI is InChI=1S/C17H24N2O/c1-6-7-15-16(11(2)3)18-19(17(15)20)14-9-8-12(4)13(5)10-14/h8-11,20H,6-7H2,1-5H3. The van der Waals surface area contributed by atoms with Crippen molar-refractivity contribution in [1.82, 2.24) is 9.78 Å². The molecule has 1 N–H and O–H groups in total. The Labute approximate surface area is 121 Å². The van der Waals surface area contributed by atoms with E-state index in [9.17, 15) is 5.11 Å². The van der Waals surface area contributed by atoms with Crippen LogP contribution in [0.4, 0.5) is 0 Å². The van der Waals surface area contributed by atoms with Crippen LogP contribution in [-0.4, -0.2) is 14.9 Å². The first-order chi connectivity index (χ1) is 9.45. The van der Waals surface area contributed by atoms with E-state index in [1.54, 1.807) is 4.68 Å². The van der Waals surface area contributed by atoms with Crippen LogP contribution in [0.5, 0.6) is 5.88 Å². The summed E-state index contributed by atoms with van der Waals surface area (Å²) in [4.78, 5) is 0. The van der Waals surface area contributed by atoms with Gasteiger partial charge in [0.15, 0.2) is 0 Å². The third-order valence-corrected chi connectivity index (χ3v) is 3.77. The fourth-order valence-electron chi connectivity index (χ4n) is 2.45. The third kappa shape index (κ3) is 2.58. The van der Waals surface area contributed by atoms with Crippen molar-refractivity contribution in [1.29, 1.82) is 0 Å². The van der Waals surface area contributed by atoms with Crippen molar-refractivity contribution in [2.75, 3.05) is 0 Å². The van der Waals surface area contributed by atoms with Crippen LogP contribution in [0.3, 0.4) is 0 Å². The Bertz CT molecular complexity index is 612. The Hall–Kier alpha value is -1.77. The molecule has 0 amide bonds. The highest BCUT2D eigenvalue weighted by Gasteiger charge is 2.19. The zero-order valence-corrected chi connectivity index (χ0v) is 13.1. The minimum Gasteiger partial charge on any atom is -0.493 e. The molecule has 20 heavy (non-hydrogen) atoms. The average molecular weight is 272 g/mol. The van der Waals surface area contributed by atoms with Crippen LogP contribution in [0.1, 0.15) is 55.5 Å². The van der Waals surface area contributed by atoms with Gasteiger partial charge in [-0.05, 0) is 49.4 Å². The number of aromatic nitrogens is 2. The first kappa shape index (κ1) is 14.6. The molecule has 0 aliphatic rings. The van der Waals surface area contributed by atoms with Crippen LogP contribution < -0.4 is 0 Å². The van der Waals surface area contributed by atoms with Gasteiger partial charge in [-0.1, -0.05) is 33.3 Å². The predicted molar refractivity (Wildman–Crippen MR) is 82.8 cm³/mol. The predicted octanol–water partition coefficient (Wildman–Crippen LogP) is 4.27. The molecule has 0 bridgehead atoms. The quantitative estimate of drug-likeness (QED) is 0.902. The third-order valence-electron chi connectivity index (χ3n) is 3.77. The minimum absolute atomic E-state index is 0.291. The molecule has 0 atom stereocenters. The summed E-state index contributed by atoms with van der Waals surface area (Å²) in [7, 11) is 0. The number of rotatable bonds is 4. The highest BCUT2D eigenvalue weighted by atomic mass is 16.3. The number of hydrogen-bond acceptors (Lipinski definition) is 2. The van der Waals surface area contributed by atoms with Crippen molar-refractivity contribution < 1.29 is 5.11 Å². The molecule has 0 saturated carbocycles. The summed E-state index contributed by atoms with van der Waals surface area (Å²) >= 11 is 0. The number of aromatic hydroxyl groups is 1. The Balaban J connectivity index is 2.56. The molecule has 0 spiro atoms. The van der Waals surface area contributed by atoms with Crippen LogP contribution >= 0.6 is 0 Å². The molecule has 3 nitrogen and oxygen atoms in total. The van der Waals surface area contributed by atoms with Gasteiger partial charge in [-0.2, -0.15) is 5.10 Å². The summed E-state index contributed by atoms with van der Waals surface area (Å²) in [6, 6.07) is 6.15. The first-order valence-corrected chi connectivity index (χ1v) is 7.34. The maximum Gasteiger partial charge on any atom is 0.217 e. The summed E-state index contributed by atoms with van der Waals surface area (Å²) in [5.74, 6) is 0.606. The molecular weight excluding hydrogens is 248 g/mol. The van der Waals surface area contributed by atoms with E-state index >= 15 is 0 Å². The van der Waals surface area contributed by atoms with Crippen molar-refractivity contribution in [3.05, 3.63) is 40.6 Å². The van der Waals surface area contributed by atoms with E-state index < -0.39 is 0 Å². The van der Waals surface area contributed by atoms with E-state index in [1.807, 2.05) is 6.07 Å². The molecule has 0 fully saturated rings. The summed E-state index contributed by atoms with van der Waals surface area (Å²) < 4.78 is 1.67. The zero-order valence-electron chi connectivity index (χ0n) is 13.1. The lowest BCUT2D eigenvalue weighted by Crippen LogP contribution is -1.99. The number of nitrogens with zero attached hydrogens (tertiary/aromatic N) is 2. The lowest BCUT2D eigenvalue weighted by atomic mass is 10.0. The van der Waals surface area contributed by atoms with Gasteiger partial charge in [0.25, 0.3) is 0 Å². The Morgan fingerprint density at radius 1 is 1.20 bits per heavy atom. The van der Waals surface area contributed by atoms with Crippen molar-refractivity contribution in [2.24, 2.45) is 0 Å². The van der Waals surface area contributed by atoms with Gasteiger partial charge in [-0.3, -0.25) is 0 Å². The molecule has 0 aliphatic heterocycles. The Morgan fingerprint density at radius 3 is 2.45 bits per heavy atom. The molecular formula is C17H24N2O. The molecule has 1 heterocycles. The molecule has 3 heteroatoms. The number of aryl methyl sites for hydroxylation is 2. The normalized spacial score (nSPS) is 11.3. The lowest BCUT2D eigenvalue weighted by molar-refractivity contribution is 0.427. The van der Waals surface area contributed by atoms with Gasteiger partial charge in [0.05, 0.1) is 11.4 Å². The molecule has 0 saturated heterocycles. The Morgan fingerprint density at radius 2 is 1.90 bits per heavy atom. The summed E-state index contributed by atoms with van der Waals surface area (Å²) in [5.41, 5.74) is 5.37. The largest absolute Gasteiger partial charge is 0.493 e. The van der Waals surface area contributed by atoms with E-state index in [0.717, 1.165) is 29.8 Å². The summed E-state index contributed by atoms with van der Waals surface area (Å²) in [6.07, 6.45) is 1.87. The monoisotopic (exact) mass is 272 g/mol. The van der Waals surface area contributed by atoms with Gasteiger partial charge in [0.1, 0.15) is 0 Å². The Kier molecular flexibility index (Phi) is 4.17. The van der Waals surface area contributed by atoms with Crippen molar-refractivity contribution >= 4 is 0 Å². The topological polar surface area (TPSA) is 38.0 Å². The van der Waals surface area contributed by atoms with Crippen LogP contribution in [-0.2, 0) is 6.42 Å². The van der Waals surface area contributed by atoms with Crippen LogP contribution in [0.15, 0.2) is 18.2 Å². The van der Waals surface area contributed by atoms with Gasteiger partial charge in [-0.25, -0.2) is 4.68 Å². The second-order valence-corrected chi connectivity index (χ2v) is 5.77. The van der Waals surface area contributed by atoms with Crippen LogP contribution in [0, 0.1) is 13.8 Å². The number of hydrogen-bond donors (Lipinski definition) is 1. The zero-order chi connectivity index (χ0) is 14.9. The first-order valence-electron chi connectivity index (χ1n) is 7.34. The molecule has 0 aliphatic carbocycles. The van der Waals surface area contributed by atoms with Crippen molar-refractivity contribution in [3.8, 4) is 11.6 Å². The van der Waals surface area contributed by atoms with Gasteiger partial charge >= 0.3 is 0 Å². The summed E-state index contributed by atoms with van der Waals surface area (Å²) in [6.45, 7) is 10.5. The van der Waals surface area contributed by atoms with Crippen molar-refractivity contribution in [2.45, 2.75) is 53.4 Å². The van der Waals surface area contributed by atoms with Crippen molar-refractivity contribution in [3.63, 3.8) is 0 Å². The second-order valence-electron chi connectivity index (χ2n) is 5.77. The smallest absolute Gasteiger partial charge is 0.217 e. The lowest BCUT2D eigenvalue weighted by Gasteiger charge is -2.06. The molecule has 1 aromatic heterocycles. The van der Waals surface area contributed by atoms with E-state index in [4.69, 9.17) is 0 Å². The molecule has 2 aromatic rings. The fourth-order valence-corrected chi connectivity index (χ4v) is 2.45. The SMILES string of the molecule is CCCc1c(C(C)C)nn(-c2ccc(C)c(C)c2)c1O. The van der Waals surface area contributed by atoms with Gasteiger partial charge in [0.2, 0.25) is 5.88 Å². The van der Waals surface area contributed by atoms with Crippen LogP contribution in [0.25, 0.3) is 5.69 Å². The fraction of sp³-hybridized carbons (Fsp3) is 0.471. The number of benzene rings is 1. The molecule has 2 rings (SSSR count). The van der Waals surface area contributed by atoms with Gasteiger partial charge in [0, 0.05) is 5.56 Å².